The molecule has 1 heterocycles. The van der Waals surface area contributed by atoms with Crippen LogP contribution in [0, 0.1) is 0 Å². The van der Waals surface area contributed by atoms with Crippen LogP contribution in [0.4, 0.5) is 0 Å². The standard InChI is InChI=1S/C15H15BrClNO2/c1-2-5-20-12-6-10(8-18-9-12)15(19)13-7-11(17)3-4-14(13)16/h3-4,6-9,15,19H,2,5H2,1H3. The lowest BCUT2D eigenvalue weighted by Crippen LogP contribution is -2.03. The second-order valence-electron chi connectivity index (χ2n) is 4.37. The van der Waals surface area contributed by atoms with Crippen LogP contribution in [0.5, 0.6) is 5.75 Å². The summed E-state index contributed by atoms with van der Waals surface area (Å²) in [7, 11) is 0. The Hall–Kier alpha value is -1.10. The number of rotatable bonds is 5. The molecular formula is C15H15BrClNO2. The molecule has 0 saturated heterocycles. The fourth-order valence-electron chi connectivity index (χ4n) is 1.79. The SMILES string of the molecule is CCCOc1cncc(C(O)c2cc(Cl)ccc2Br)c1. The Balaban J connectivity index is 2.28. The smallest absolute Gasteiger partial charge is 0.137 e. The van der Waals surface area contributed by atoms with E-state index < -0.39 is 6.10 Å². The van der Waals surface area contributed by atoms with E-state index in [-0.39, 0.29) is 0 Å². The molecule has 2 rings (SSSR count). The summed E-state index contributed by atoms with van der Waals surface area (Å²) < 4.78 is 6.32. The fraction of sp³-hybridized carbons (Fsp3) is 0.267. The van der Waals surface area contributed by atoms with Crippen LogP contribution in [0.15, 0.2) is 41.1 Å². The third-order valence-corrected chi connectivity index (χ3v) is 3.73. The molecule has 0 aliphatic carbocycles. The molecule has 0 aliphatic rings. The molecule has 0 bridgehead atoms. The van der Waals surface area contributed by atoms with E-state index in [1.807, 2.05) is 13.0 Å². The number of hydrogen-bond donors (Lipinski definition) is 1. The summed E-state index contributed by atoms with van der Waals surface area (Å²) in [6.07, 6.45) is 3.38. The minimum Gasteiger partial charge on any atom is -0.492 e. The second-order valence-corrected chi connectivity index (χ2v) is 5.66. The molecule has 0 fully saturated rings. The van der Waals surface area contributed by atoms with Gasteiger partial charge in [-0.3, -0.25) is 4.98 Å². The van der Waals surface area contributed by atoms with Crippen LogP contribution in [-0.4, -0.2) is 16.7 Å². The molecule has 0 radical (unpaired) electrons. The molecule has 0 aliphatic heterocycles. The van der Waals surface area contributed by atoms with Crippen molar-refractivity contribution < 1.29 is 9.84 Å². The monoisotopic (exact) mass is 355 g/mol. The van der Waals surface area contributed by atoms with Gasteiger partial charge in [-0.2, -0.15) is 0 Å². The lowest BCUT2D eigenvalue weighted by atomic mass is 10.0. The van der Waals surface area contributed by atoms with Gasteiger partial charge in [0.25, 0.3) is 0 Å². The van der Waals surface area contributed by atoms with Crippen molar-refractivity contribution in [3.8, 4) is 5.75 Å². The van der Waals surface area contributed by atoms with E-state index in [0.29, 0.717) is 28.5 Å². The average molecular weight is 357 g/mol. The average Bonchev–Trinajstić information content (AvgIpc) is 2.47. The maximum absolute atomic E-state index is 10.5. The van der Waals surface area contributed by atoms with Gasteiger partial charge in [-0.1, -0.05) is 34.5 Å². The summed E-state index contributed by atoms with van der Waals surface area (Å²) in [4.78, 5) is 4.10. The maximum Gasteiger partial charge on any atom is 0.137 e. The van der Waals surface area contributed by atoms with E-state index in [1.165, 1.54) is 0 Å². The lowest BCUT2D eigenvalue weighted by molar-refractivity contribution is 0.218. The maximum atomic E-state index is 10.5. The molecule has 1 atom stereocenters. The van der Waals surface area contributed by atoms with Gasteiger partial charge in [0.15, 0.2) is 0 Å². The molecule has 3 nitrogen and oxygen atoms in total. The quantitative estimate of drug-likeness (QED) is 0.865. The van der Waals surface area contributed by atoms with Crippen molar-refractivity contribution in [1.82, 2.24) is 4.98 Å². The Bertz CT molecular complexity index is 592. The normalized spacial score (nSPS) is 12.2. The molecule has 2 aromatic rings. The molecule has 106 valence electrons. The van der Waals surface area contributed by atoms with E-state index in [2.05, 4.69) is 20.9 Å². The van der Waals surface area contributed by atoms with Crippen molar-refractivity contribution in [3.63, 3.8) is 0 Å². The van der Waals surface area contributed by atoms with Crippen LogP contribution in [-0.2, 0) is 0 Å². The summed E-state index contributed by atoms with van der Waals surface area (Å²) in [6, 6.07) is 7.10. The Morgan fingerprint density at radius 1 is 1.35 bits per heavy atom. The van der Waals surface area contributed by atoms with Crippen LogP contribution < -0.4 is 4.74 Å². The van der Waals surface area contributed by atoms with Gasteiger partial charge in [0.05, 0.1) is 12.8 Å². The van der Waals surface area contributed by atoms with E-state index in [1.54, 1.807) is 30.6 Å². The summed E-state index contributed by atoms with van der Waals surface area (Å²) in [5.74, 6) is 0.654. The zero-order chi connectivity index (χ0) is 14.5. The Kier molecular flexibility index (Phi) is 5.40. The highest BCUT2D eigenvalue weighted by Crippen LogP contribution is 2.31. The summed E-state index contributed by atoms with van der Waals surface area (Å²) in [5.41, 5.74) is 1.37. The zero-order valence-electron chi connectivity index (χ0n) is 11.0. The molecule has 1 aromatic carbocycles. The number of pyridine rings is 1. The molecule has 20 heavy (non-hydrogen) atoms. The van der Waals surface area contributed by atoms with Crippen molar-refractivity contribution in [2.24, 2.45) is 0 Å². The van der Waals surface area contributed by atoms with Crippen molar-refractivity contribution in [1.29, 1.82) is 0 Å². The van der Waals surface area contributed by atoms with E-state index in [9.17, 15) is 5.11 Å². The molecule has 1 N–H and O–H groups in total. The predicted molar refractivity (Wildman–Crippen MR) is 83.2 cm³/mol. The van der Waals surface area contributed by atoms with Gasteiger partial charge >= 0.3 is 0 Å². The topological polar surface area (TPSA) is 42.4 Å². The number of hydrogen-bond acceptors (Lipinski definition) is 3. The highest BCUT2D eigenvalue weighted by atomic mass is 79.9. The number of aliphatic hydroxyl groups excluding tert-OH is 1. The van der Waals surface area contributed by atoms with Gasteiger partial charge in [-0.05, 0) is 30.7 Å². The van der Waals surface area contributed by atoms with Gasteiger partial charge in [-0.25, -0.2) is 0 Å². The van der Waals surface area contributed by atoms with Crippen LogP contribution in [0.25, 0.3) is 0 Å². The Morgan fingerprint density at radius 3 is 2.90 bits per heavy atom. The molecule has 1 aromatic heterocycles. The minimum atomic E-state index is -0.805. The molecule has 0 spiro atoms. The second kappa shape index (κ2) is 7.07. The van der Waals surface area contributed by atoms with Gasteiger partial charge in [-0.15, -0.1) is 0 Å². The van der Waals surface area contributed by atoms with Crippen molar-refractivity contribution in [2.75, 3.05) is 6.61 Å². The van der Waals surface area contributed by atoms with Gasteiger partial charge in [0.1, 0.15) is 11.9 Å². The predicted octanol–water partition coefficient (Wildman–Crippen LogP) is 4.37. The van der Waals surface area contributed by atoms with Crippen LogP contribution in [0.2, 0.25) is 5.02 Å². The summed E-state index contributed by atoms with van der Waals surface area (Å²) in [6.45, 7) is 2.66. The number of benzene rings is 1. The first-order valence-electron chi connectivity index (χ1n) is 6.32. The number of halogens is 2. The van der Waals surface area contributed by atoms with Crippen molar-refractivity contribution in [3.05, 3.63) is 57.3 Å². The largest absolute Gasteiger partial charge is 0.492 e. The molecule has 1 unspecified atom stereocenters. The van der Waals surface area contributed by atoms with Crippen LogP contribution in [0.1, 0.15) is 30.6 Å². The van der Waals surface area contributed by atoms with E-state index >= 15 is 0 Å². The number of nitrogens with zero attached hydrogens (tertiary/aromatic N) is 1. The van der Waals surface area contributed by atoms with Crippen molar-refractivity contribution in [2.45, 2.75) is 19.4 Å². The van der Waals surface area contributed by atoms with Gasteiger partial charge < -0.3 is 9.84 Å². The van der Waals surface area contributed by atoms with E-state index in [0.717, 1.165) is 10.9 Å². The highest BCUT2D eigenvalue weighted by molar-refractivity contribution is 9.10. The zero-order valence-corrected chi connectivity index (χ0v) is 13.4. The lowest BCUT2D eigenvalue weighted by Gasteiger charge is -2.14. The Labute approximate surface area is 131 Å². The number of aliphatic hydroxyl groups is 1. The number of aromatic nitrogens is 1. The molecular weight excluding hydrogens is 342 g/mol. The third-order valence-electron chi connectivity index (χ3n) is 2.78. The summed E-state index contributed by atoms with van der Waals surface area (Å²) >= 11 is 9.39. The van der Waals surface area contributed by atoms with Gasteiger partial charge in [0.2, 0.25) is 0 Å². The minimum absolute atomic E-state index is 0.577. The van der Waals surface area contributed by atoms with Crippen LogP contribution in [0.3, 0.4) is 0 Å². The molecule has 0 amide bonds. The Morgan fingerprint density at radius 2 is 2.15 bits per heavy atom. The molecule has 0 saturated carbocycles. The first kappa shape index (κ1) is 15.3. The number of ether oxygens (including phenoxy) is 1. The van der Waals surface area contributed by atoms with Gasteiger partial charge in [0, 0.05) is 26.8 Å². The van der Waals surface area contributed by atoms with Crippen LogP contribution >= 0.6 is 27.5 Å². The fourth-order valence-corrected chi connectivity index (χ4v) is 2.43. The first-order chi connectivity index (χ1) is 9.61. The third kappa shape index (κ3) is 3.72. The highest BCUT2D eigenvalue weighted by Gasteiger charge is 2.15. The van der Waals surface area contributed by atoms with Crippen molar-refractivity contribution >= 4 is 27.5 Å². The first-order valence-corrected chi connectivity index (χ1v) is 7.49. The summed E-state index contributed by atoms with van der Waals surface area (Å²) in [5, 5.41) is 11.0. The van der Waals surface area contributed by atoms with E-state index in [4.69, 9.17) is 16.3 Å². The molecule has 5 heteroatoms.